The maximum atomic E-state index is 12.4. The van der Waals surface area contributed by atoms with Gasteiger partial charge >= 0.3 is 0 Å². The van der Waals surface area contributed by atoms with Crippen LogP contribution in [-0.4, -0.2) is 23.1 Å². The summed E-state index contributed by atoms with van der Waals surface area (Å²) in [5.41, 5.74) is 3.50. The van der Waals surface area contributed by atoms with Crippen molar-refractivity contribution in [3.63, 3.8) is 0 Å². The Labute approximate surface area is 175 Å². The molecule has 0 saturated carbocycles. The Morgan fingerprint density at radius 2 is 2.03 bits per heavy atom. The monoisotopic (exact) mass is 410 g/mol. The normalized spacial score (nSPS) is 17.2. The zero-order chi connectivity index (χ0) is 20.8. The molecule has 0 aliphatic carbocycles. The quantitative estimate of drug-likeness (QED) is 0.435. The minimum atomic E-state index is -0.239. The van der Waals surface area contributed by atoms with Gasteiger partial charge in [0.2, 0.25) is 0 Å². The number of carbonyl (C=O) groups excluding carboxylic acids is 1. The van der Waals surface area contributed by atoms with E-state index in [2.05, 4.69) is 36.3 Å². The number of nitrogens with one attached hydrogen (secondary N) is 2. The Balaban J connectivity index is 1.79. The van der Waals surface area contributed by atoms with E-state index in [1.54, 1.807) is 12.1 Å². The fourth-order valence-electron chi connectivity index (χ4n) is 3.05. The maximum absolute atomic E-state index is 12.4. The first-order valence-corrected chi connectivity index (χ1v) is 10.6. The minimum absolute atomic E-state index is 0.118. The van der Waals surface area contributed by atoms with Crippen molar-refractivity contribution < 1.29 is 14.6 Å². The van der Waals surface area contributed by atoms with Crippen LogP contribution < -0.4 is 15.4 Å². The standard InChI is InChI=1S/C23H26N2O3S/c1-4-7-17-12-16(13-19(21(17)26)28-6-3)14-20-22(27)25-23(29-20)24-18-10-8-15(5-2)9-11-18/h4,8-14,23-24,26H,1,5-7H2,2-3H3,(H,25,27)/b20-14-/t23-/m1/s1. The molecule has 3 rings (SSSR count). The van der Waals surface area contributed by atoms with Crippen molar-refractivity contribution in [3.8, 4) is 11.5 Å². The third-order valence-electron chi connectivity index (χ3n) is 4.53. The van der Waals surface area contributed by atoms with Crippen LogP contribution >= 0.6 is 11.8 Å². The smallest absolute Gasteiger partial charge is 0.260 e. The average molecular weight is 411 g/mol. The van der Waals surface area contributed by atoms with Gasteiger partial charge in [-0.25, -0.2) is 0 Å². The van der Waals surface area contributed by atoms with Crippen molar-refractivity contribution in [1.29, 1.82) is 0 Å². The van der Waals surface area contributed by atoms with Gasteiger partial charge in [-0.2, -0.15) is 0 Å². The highest BCUT2D eigenvalue weighted by Gasteiger charge is 2.27. The highest BCUT2D eigenvalue weighted by molar-refractivity contribution is 8.05. The van der Waals surface area contributed by atoms with Crippen molar-refractivity contribution in [1.82, 2.24) is 5.32 Å². The summed E-state index contributed by atoms with van der Waals surface area (Å²) in [6.07, 6.45) is 5.05. The van der Waals surface area contributed by atoms with E-state index in [1.807, 2.05) is 31.2 Å². The second-order valence-electron chi connectivity index (χ2n) is 6.63. The molecule has 0 bridgehead atoms. The Hall–Kier alpha value is -2.86. The number of hydrogen-bond donors (Lipinski definition) is 3. The fraction of sp³-hybridized carbons (Fsp3) is 0.261. The third-order valence-corrected chi connectivity index (χ3v) is 5.56. The first kappa shape index (κ1) is 20.9. The average Bonchev–Trinajstić information content (AvgIpc) is 3.05. The molecular formula is C23H26N2O3S. The van der Waals surface area contributed by atoms with Gasteiger partial charge in [0.25, 0.3) is 5.91 Å². The number of phenols is 1. The molecule has 1 fully saturated rings. The lowest BCUT2D eigenvalue weighted by Gasteiger charge is -2.13. The van der Waals surface area contributed by atoms with Crippen molar-refractivity contribution in [2.24, 2.45) is 0 Å². The number of benzene rings is 2. The minimum Gasteiger partial charge on any atom is -0.504 e. The Bertz CT molecular complexity index is 922. The summed E-state index contributed by atoms with van der Waals surface area (Å²) in [4.78, 5) is 13.0. The molecule has 1 atom stereocenters. The summed E-state index contributed by atoms with van der Waals surface area (Å²) in [5, 5.41) is 16.6. The van der Waals surface area contributed by atoms with Crippen LogP contribution in [-0.2, 0) is 17.6 Å². The van der Waals surface area contributed by atoms with Crippen LogP contribution in [0.4, 0.5) is 5.69 Å². The van der Waals surface area contributed by atoms with E-state index in [9.17, 15) is 9.90 Å². The molecule has 29 heavy (non-hydrogen) atoms. The van der Waals surface area contributed by atoms with Crippen LogP contribution in [0.5, 0.6) is 11.5 Å². The van der Waals surface area contributed by atoms with Crippen LogP contribution in [0.25, 0.3) is 6.08 Å². The van der Waals surface area contributed by atoms with Crippen molar-refractivity contribution in [2.45, 2.75) is 32.2 Å². The first-order chi connectivity index (χ1) is 14.0. The molecule has 1 amide bonds. The van der Waals surface area contributed by atoms with E-state index in [-0.39, 0.29) is 17.2 Å². The Kier molecular flexibility index (Phi) is 6.88. The summed E-state index contributed by atoms with van der Waals surface area (Å²) < 4.78 is 5.54. The molecule has 5 nitrogen and oxygen atoms in total. The molecule has 1 saturated heterocycles. The van der Waals surface area contributed by atoms with Gasteiger partial charge in [0.15, 0.2) is 17.0 Å². The highest BCUT2D eigenvalue weighted by Crippen LogP contribution is 2.35. The predicted octanol–water partition coefficient (Wildman–Crippen LogP) is 4.68. The lowest BCUT2D eigenvalue weighted by Crippen LogP contribution is -2.30. The van der Waals surface area contributed by atoms with Gasteiger partial charge in [-0.3, -0.25) is 4.79 Å². The molecule has 2 aromatic rings. The van der Waals surface area contributed by atoms with Gasteiger partial charge in [-0.15, -0.1) is 6.58 Å². The molecule has 0 aromatic heterocycles. The van der Waals surface area contributed by atoms with Crippen LogP contribution in [0, 0.1) is 0 Å². The number of carbonyl (C=O) groups is 1. The number of amides is 1. The van der Waals surface area contributed by atoms with Crippen molar-refractivity contribution >= 4 is 29.4 Å². The molecule has 0 unspecified atom stereocenters. The molecule has 3 N–H and O–H groups in total. The summed E-state index contributed by atoms with van der Waals surface area (Å²) in [7, 11) is 0. The molecule has 2 aromatic carbocycles. The molecule has 152 valence electrons. The predicted molar refractivity (Wildman–Crippen MR) is 120 cm³/mol. The topological polar surface area (TPSA) is 70.6 Å². The number of allylic oxidation sites excluding steroid dienone is 1. The zero-order valence-corrected chi connectivity index (χ0v) is 17.5. The number of aromatic hydroxyl groups is 1. The van der Waals surface area contributed by atoms with Gasteiger partial charge < -0.3 is 20.5 Å². The van der Waals surface area contributed by atoms with E-state index >= 15 is 0 Å². The lowest BCUT2D eigenvalue weighted by molar-refractivity contribution is -0.116. The van der Waals surface area contributed by atoms with E-state index in [4.69, 9.17) is 4.74 Å². The first-order valence-electron chi connectivity index (χ1n) is 9.68. The number of phenolic OH excluding ortho intramolecular Hbond substituents is 1. The molecule has 1 heterocycles. The maximum Gasteiger partial charge on any atom is 0.260 e. The van der Waals surface area contributed by atoms with Crippen LogP contribution in [0.1, 0.15) is 30.5 Å². The van der Waals surface area contributed by atoms with Crippen LogP contribution in [0.3, 0.4) is 0 Å². The molecule has 1 aliphatic rings. The lowest BCUT2D eigenvalue weighted by atomic mass is 10.1. The molecular weight excluding hydrogens is 384 g/mol. The van der Waals surface area contributed by atoms with Gasteiger partial charge in [0.05, 0.1) is 11.5 Å². The number of anilines is 1. The number of ether oxygens (including phenoxy) is 1. The van der Waals surface area contributed by atoms with E-state index < -0.39 is 0 Å². The third kappa shape index (κ3) is 5.15. The zero-order valence-electron chi connectivity index (χ0n) is 16.7. The Morgan fingerprint density at radius 1 is 1.28 bits per heavy atom. The molecule has 0 radical (unpaired) electrons. The summed E-state index contributed by atoms with van der Waals surface area (Å²) >= 11 is 1.43. The van der Waals surface area contributed by atoms with E-state index in [0.29, 0.717) is 29.2 Å². The van der Waals surface area contributed by atoms with Crippen molar-refractivity contribution in [2.75, 3.05) is 11.9 Å². The van der Waals surface area contributed by atoms with Gasteiger partial charge in [-0.05, 0) is 61.2 Å². The highest BCUT2D eigenvalue weighted by atomic mass is 32.2. The summed E-state index contributed by atoms with van der Waals surface area (Å²) in [6, 6.07) is 11.8. The van der Waals surface area contributed by atoms with E-state index in [1.165, 1.54) is 17.3 Å². The Morgan fingerprint density at radius 3 is 2.69 bits per heavy atom. The largest absolute Gasteiger partial charge is 0.504 e. The van der Waals surface area contributed by atoms with Gasteiger partial charge in [0.1, 0.15) is 0 Å². The number of thioether (sulfide) groups is 1. The molecule has 6 heteroatoms. The number of aryl methyl sites for hydroxylation is 1. The van der Waals surface area contributed by atoms with Crippen LogP contribution in [0.15, 0.2) is 54.0 Å². The van der Waals surface area contributed by atoms with Crippen LogP contribution in [0.2, 0.25) is 0 Å². The SMILES string of the molecule is C=CCc1cc(/C=C2\S[C@H](Nc3ccc(CC)cc3)NC2=O)cc(OCC)c1O. The summed E-state index contributed by atoms with van der Waals surface area (Å²) in [6.45, 7) is 8.16. The summed E-state index contributed by atoms with van der Waals surface area (Å²) in [5.74, 6) is 0.397. The van der Waals surface area contributed by atoms with Gasteiger partial charge in [0, 0.05) is 11.3 Å². The number of hydrogen-bond acceptors (Lipinski definition) is 5. The van der Waals surface area contributed by atoms with Gasteiger partial charge in [-0.1, -0.05) is 36.9 Å². The second kappa shape index (κ2) is 9.56. The van der Waals surface area contributed by atoms with E-state index in [0.717, 1.165) is 17.7 Å². The van der Waals surface area contributed by atoms with Crippen molar-refractivity contribution in [3.05, 3.63) is 70.6 Å². The molecule has 0 spiro atoms. The number of rotatable bonds is 8. The molecule has 1 aliphatic heterocycles. The second-order valence-corrected chi connectivity index (χ2v) is 7.77. The fourth-order valence-corrected chi connectivity index (χ4v) is 4.04.